The fraction of sp³-hybridized carbons (Fsp3) is 0.235. The van der Waals surface area contributed by atoms with Gasteiger partial charge in [-0.05, 0) is 29.3 Å². The van der Waals surface area contributed by atoms with Crippen LogP contribution >= 0.6 is 0 Å². The fourth-order valence-corrected chi connectivity index (χ4v) is 2.11. The molecule has 0 aromatic heterocycles. The van der Waals surface area contributed by atoms with E-state index in [0.29, 0.717) is 13.2 Å². The van der Waals surface area contributed by atoms with Gasteiger partial charge in [-0.15, -0.1) is 0 Å². The fourth-order valence-electron chi connectivity index (χ4n) is 2.11. The number of hydrogen-bond donors (Lipinski definition) is 1. The molecule has 0 radical (unpaired) electrons. The van der Waals surface area contributed by atoms with E-state index in [-0.39, 0.29) is 17.2 Å². The van der Waals surface area contributed by atoms with E-state index >= 15 is 0 Å². The monoisotopic (exact) mass is 303 g/mol. The lowest BCUT2D eigenvalue weighted by Crippen LogP contribution is -2.23. The van der Waals surface area contributed by atoms with Crippen LogP contribution in [-0.2, 0) is 17.9 Å². The molecule has 0 atom stereocenters. The van der Waals surface area contributed by atoms with Gasteiger partial charge in [-0.25, -0.2) is 4.39 Å². The first-order valence-electron chi connectivity index (χ1n) is 6.83. The van der Waals surface area contributed by atoms with Gasteiger partial charge in [0.05, 0.1) is 13.7 Å². The summed E-state index contributed by atoms with van der Waals surface area (Å²) >= 11 is 0. The predicted molar refractivity (Wildman–Crippen MR) is 81.3 cm³/mol. The summed E-state index contributed by atoms with van der Waals surface area (Å²) in [5.74, 6) is -0.786. The molecule has 0 saturated carbocycles. The third kappa shape index (κ3) is 3.83. The Balaban J connectivity index is 2.05. The van der Waals surface area contributed by atoms with Crippen molar-refractivity contribution in [1.29, 1.82) is 0 Å². The number of rotatable bonds is 6. The van der Waals surface area contributed by atoms with E-state index in [1.165, 1.54) is 19.2 Å². The molecule has 4 nitrogen and oxygen atoms in total. The van der Waals surface area contributed by atoms with E-state index in [1.807, 2.05) is 24.3 Å². The number of nitrogens with one attached hydrogen (secondary N) is 1. The highest BCUT2D eigenvalue weighted by Gasteiger charge is 2.10. The molecule has 2 aromatic rings. The van der Waals surface area contributed by atoms with Gasteiger partial charge in [0.2, 0.25) is 0 Å². The van der Waals surface area contributed by atoms with Crippen LogP contribution in [0.2, 0.25) is 0 Å². The molecule has 0 aliphatic rings. The third-order valence-electron chi connectivity index (χ3n) is 3.27. The molecule has 0 aliphatic carbocycles. The molecule has 0 fully saturated rings. The van der Waals surface area contributed by atoms with E-state index in [4.69, 9.17) is 9.47 Å². The van der Waals surface area contributed by atoms with Crippen LogP contribution in [0.4, 0.5) is 4.39 Å². The largest absolute Gasteiger partial charge is 0.494 e. The Morgan fingerprint density at radius 1 is 1.14 bits per heavy atom. The number of amides is 1. The Bertz CT molecular complexity index is 658. The van der Waals surface area contributed by atoms with Gasteiger partial charge >= 0.3 is 0 Å². The first-order valence-corrected chi connectivity index (χ1v) is 6.83. The number of carbonyl (C=O) groups excluding carboxylic acids is 1. The van der Waals surface area contributed by atoms with Crippen molar-refractivity contribution in [3.63, 3.8) is 0 Å². The van der Waals surface area contributed by atoms with Gasteiger partial charge in [-0.2, -0.15) is 0 Å². The van der Waals surface area contributed by atoms with E-state index < -0.39 is 5.82 Å². The van der Waals surface area contributed by atoms with Crippen molar-refractivity contribution < 1.29 is 18.7 Å². The van der Waals surface area contributed by atoms with Gasteiger partial charge in [-0.3, -0.25) is 4.79 Å². The zero-order valence-electron chi connectivity index (χ0n) is 12.6. The van der Waals surface area contributed by atoms with E-state index in [2.05, 4.69) is 5.32 Å². The summed E-state index contributed by atoms with van der Waals surface area (Å²) in [6.45, 7) is 0.829. The normalized spacial score (nSPS) is 10.3. The molecule has 5 heteroatoms. The highest BCUT2D eigenvalue weighted by atomic mass is 19.1. The van der Waals surface area contributed by atoms with Crippen LogP contribution in [-0.4, -0.2) is 20.1 Å². The quantitative estimate of drug-likeness (QED) is 0.892. The second-order valence-corrected chi connectivity index (χ2v) is 4.73. The van der Waals surface area contributed by atoms with Crippen molar-refractivity contribution in [2.75, 3.05) is 14.2 Å². The number of hydrogen-bond acceptors (Lipinski definition) is 3. The Morgan fingerprint density at radius 2 is 1.86 bits per heavy atom. The molecule has 2 aromatic carbocycles. The minimum absolute atomic E-state index is 0.113. The molecule has 22 heavy (non-hydrogen) atoms. The van der Waals surface area contributed by atoms with Gasteiger partial charge in [0.1, 0.15) is 0 Å². The predicted octanol–water partition coefficient (Wildman–Crippen LogP) is 2.91. The Labute approximate surface area is 128 Å². The maximum atomic E-state index is 13.6. The smallest absolute Gasteiger partial charge is 0.251 e. The number of benzene rings is 2. The molecule has 0 heterocycles. The van der Waals surface area contributed by atoms with E-state index in [9.17, 15) is 9.18 Å². The number of halogens is 1. The third-order valence-corrected chi connectivity index (χ3v) is 3.27. The highest BCUT2D eigenvalue weighted by Crippen LogP contribution is 2.18. The molecule has 0 saturated heterocycles. The molecule has 0 unspecified atom stereocenters. The van der Waals surface area contributed by atoms with Crippen molar-refractivity contribution in [3.8, 4) is 5.75 Å². The van der Waals surface area contributed by atoms with Crippen molar-refractivity contribution in [1.82, 2.24) is 5.32 Å². The minimum atomic E-state index is -0.560. The van der Waals surface area contributed by atoms with Gasteiger partial charge in [0.15, 0.2) is 11.6 Å². The van der Waals surface area contributed by atoms with E-state index in [0.717, 1.165) is 17.2 Å². The second kappa shape index (κ2) is 7.56. The van der Waals surface area contributed by atoms with Crippen LogP contribution in [0.3, 0.4) is 0 Å². The van der Waals surface area contributed by atoms with E-state index in [1.54, 1.807) is 7.11 Å². The standard InChI is InChI=1S/C17H18FNO3/c1-21-11-14-6-4-3-5-13(14)10-19-17(20)12-7-8-16(22-2)15(18)9-12/h3-9H,10-11H2,1-2H3,(H,19,20). The molecule has 0 bridgehead atoms. The van der Waals surface area contributed by atoms with Crippen LogP contribution in [0, 0.1) is 5.82 Å². The summed E-state index contributed by atoms with van der Waals surface area (Å²) in [5, 5.41) is 2.78. The lowest BCUT2D eigenvalue weighted by molar-refractivity contribution is 0.0950. The van der Waals surface area contributed by atoms with Crippen molar-refractivity contribution in [3.05, 3.63) is 65.0 Å². The van der Waals surface area contributed by atoms with Gasteiger partial charge in [0, 0.05) is 19.2 Å². The van der Waals surface area contributed by atoms with Crippen LogP contribution in [0.25, 0.3) is 0 Å². The molecule has 0 spiro atoms. The average molecular weight is 303 g/mol. The second-order valence-electron chi connectivity index (χ2n) is 4.73. The molecule has 116 valence electrons. The zero-order chi connectivity index (χ0) is 15.9. The van der Waals surface area contributed by atoms with Gasteiger partial charge in [0.25, 0.3) is 5.91 Å². The maximum absolute atomic E-state index is 13.6. The molecule has 2 rings (SSSR count). The molecular weight excluding hydrogens is 285 g/mol. The maximum Gasteiger partial charge on any atom is 0.251 e. The Morgan fingerprint density at radius 3 is 2.50 bits per heavy atom. The Hall–Kier alpha value is -2.40. The van der Waals surface area contributed by atoms with Crippen LogP contribution in [0.5, 0.6) is 5.75 Å². The topological polar surface area (TPSA) is 47.6 Å². The average Bonchev–Trinajstić information content (AvgIpc) is 2.54. The first kappa shape index (κ1) is 16.0. The van der Waals surface area contributed by atoms with Crippen molar-refractivity contribution >= 4 is 5.91 Å². The lowest BCUT2D eigenvalue weighted by atomic mass is 10.1. The summed E-state index contributed by atoms with van der Waals surface area (Å²) in [7, 11) is 3.00. The summed E-state index contributed by atoms with van der Waals surface area (Å²) in [6.07, 6.45) is 0. The van der Waals surface area contributed by atoms with Gasteiger partial charge < -0.3 is 14.8 Å². The molecule has 1 amide bonds. The highest BCUT2D eigenvalue weighted by molar-refractivity contribution is 5.94. The first-order chi connectivity index (χ1) is 10.7. The Kier molecular flexibility index (Phi) is 5.49. The summed E-state index contributed by atoms with van der Waals surface area (Å²) in [6, 6.07) is 11.8. The number of carbonyl (C=O) groups is 1. The lowest BCUT2D eigenvalue weighted by Gasteiger charge is -2.10. The van der Waals surface area contributed by atoms with Crippen molar-refractivity contribution in [2.45, 2.75) is 13.2 Å². The number of methoxy groups -OCH3 is 2. The summed E-state index contributed by atoms with van der Waals surface area (Å²) in [4.78, 5) is 12.1. The molecular formula is C17H18FNO3. The van der Waals surface area contributed by atoms with Crippen LogP contribution in [0.15, 0.2) is 42.5 Å². The van der Waals surface area contributed by atoms with Crippen LogP contribution in [0.1, 0.15) is 21.5 Å². The number of ether oxygens (including phenoxy) is 2. The van der Waals surface area contributed by atoms with Gasteiger partial charge in [-0.1, -0.05) is 24.3 Å². The zero-order valence-corrected chi connectivity index (χ0v) is 12.6. The minimum Gasteiger partial charge on any atom is -0.494 e. The SMILES string of the molecule is COCc1ccccc1CNC(=O)c1ccc(OC)c(F)c1. The summed E-state index contributed by atoms with van der Waals surface area (Å²) < 4.78 is 23.6. The molecule has 1 N–H and O–H groups in total. The van der Waals surface area contributed by atoms with Crippen LogP contribution < -0.4 is 10.1 Å². The van der Waals surface area contributed by atoms with Crippen molar-refractivity contribution in [2.24, 2.45) is 0 Å². The molecule has 0 aliphatic heterocycles. The summed E-state index contributed by atoms with van der Waals surface area (Å²) in [5.41, 5.74) is 2.22.